The topological polar surface area (TPSA) is 29.1 Å². The quantitative estimate of drug-likeness (QED) is 0.874. The number of hydrogen-bond donors (Lipinski definition) is 1. The fourth-order valence-electron chi connectivity index (χ4n) is 1.74. The normalized spacial score (nSPS) is 10.3. The molecule has 0 saturated carbocycles. The molecule has 0 radical (unpaired) electrons. The van der Waals surface area contributed by atoms with Crippen LogP contribution in [0.25, 0.3) is 0 Å². The predicted octanol–water partition coefficient (Wildman–Crippen LogP) is 3.83. The predicted molar refractivity (Wildman–Crippen MR) is 70.2 cm³/mol. The Kier molecular flexibility index (Phi) is 3.60. The van der Waals surface area contributed by atoms with Gasteiger partial charge >= 0.3 is 0 Å². The van der Waals surface area contributed by atoms with Crippen molar-refractivity contribution in [1.29, 1.82) is 0 Å². The molecule has 0 aliphatic carbocycles. The van der Waals surface area contributed by atoms with Crippen LogP contribution in [0.4, 0.5) is 14.5 Å². The molecule has 0 unspecified atom stereocenters. The van der Waals surface area contributed by atoms with Gasteiger partial charge in [0.25, 0.3) is 5.91 Å². The molecule has 2 nitrogen and oxygen atoms in total. The van der Waals surface area contributed by atoms with E-state index in [0.717, 1.165) is 0 Å². The molecule has 0 atom stereocenters. The maximum atomic E-state index is 13.8. The van der Waals surface area contributed by atoms with Crippen molar-refractivity contribution in [3.8, 4) is 0 Å². The summed E-state index contributed by atoms with van der Waals surface area (Å²) in [5.41, 5.74) is 1.39. The molecule has 2 aromatic carbocycles. The summed E-state index contributed by atoms with van der Waals surface area (Å²) >= 11 is 0. The van der Waals surface area contributed by atoms with E-state index in [4.69, 9.17) is 0 Å². The molecule has 19 heavy (non-hydrogen) atoms. The number of carbonyl (C=O) groups is 1. The number of amides is 1. The first-order chi connectivity index (χ1) is 8.99. The molecule has 1 N–H and O–H groups in total. The molecular formula is C15H13F2NO. The number of hydrogen-bond acceptors (Lipinski definition) is 1. The molecule has 2 aromatic rings. The van der Waals surface area contributed by atoms with Crippen LogP contribution in [0.5, 0.6) is 0 Å². The van der Waals surface area contributed by atoms with E-state index >= 15 is 0 Å². The van der Waals surface area contributed by atoms with E-state index in [0.29, 0.717) is 16.8 Å². The third-order valence-corrected chi connectivity index (χ3v) is 2.88. The lowest BCUT2D eigenvalue weighted by Crippen LogP contribution is -2.15. The molecule has 0 aliphatic rings. The highest BCUT2D eigenvalue weighted by Crippen LogP contribution is 2.18. The Morgan fingerprint density at radius 3 is 2.53 bits per heavy atom. The Bertz CT molecular complexity index is 638. The molecule has 0 fully saturated rings. The van der Waals surface area contributed by atoms with E-state index < -0.39 is 17.5 Å². The van der Waals surface area contributed by atoms with Gasteiger partial charge in [0.2, 0.25) is 0 Å². The van der Waals surface area contributed by atoms with Crippen LogP contribution in [0, 0.1) is 25.5 Å². The summed E-state index contributed by atoms with van der Waals surface area (Å²) in [7, 11) is 0. The largest absolute Gasteiger partial charge is 0.322 e. The third-order valence-electron chi connectivity index (χ3n) is 2.88. The minimum atomic E-state index is -0.588. The van der Waals surface area contributed by atoms with Crippen molar-refractivity contribution in [3.63, 3.8) is 0 Å². The first-order valence-corrected chi connectivity index (χ1v) is 5.81. The standard InChI is InChI=1S/C15H13F2NO/c1-9-6-7-11(16)8-13(9)18-15(19)12-5-3-4-10(2)14(12)17/h3-8H,1-2H3,(H,18,19). The second-order valence-corrected chi connectivity index (χ2v) is 4.35. The number of aryl methyl sites for hydroxylation is 2. The zero-order chi connectivity index (χ0) is 14.0. The van der Waals surface area contributed by atoms with Crippen molar-refractivity contribution >= 4 is 11.6 Å². The van der Waals surface area contributed by atoms with Gasteiger partial charge in [-0.25, -0.2) is 8.78 Å². The average molecular weight is 261 g/mol. The Labute approximate surface area is 110 Å². The van der Waals surface area contributed by atoms with Gasteiger partial charge in [0.15, 0.2) is 0 Å². The number of benzene rings is 2. The lowest BCUT2D eigenvalue weighted by atomic mass is 10.1. The summed E-state index contributed by atoms with van der Waals surface area (Å²) in [6.07, 6.45) is 0. The van der Waals surface area contributed by atoms with Crippen molar-refractivity contribution in [2.75, 3.05) is 5.32 Å². The number of rotatable bonds is 2. The van der Waals surface area contributed by atoms with E-state index in [1.165, 1.54) is 18.2 Å². The molecule has 0 aromatic heterocycles. The van der Waals surface area contributed by atoms with E-state index in [-0.39, 0.29) is 5.56 Å². The van der Waals surface area contributed by atoms with Crippen molar-refractivity contribution < 1.29 is 13.6 Å². The van der Waals surface area contributed by atoms with Crippen LogP contribution in [0.1, 0.15) is 21.5 Å². The van der Waals surface area contributed by atoms with Crippen LogP contribution in [0.15, 0.2) is 36.4 Å². The molecule has 0 saturated heterocycles. The van der Waals surface area contributed by atoms with Crippen molar-refractivity contribution in [2.24, 2.45) is 0 Å². The fraction of sp³-hybridized carbons (Fsp3) is 0.133. The summed E-state index contributed by atoms with van der Waals surface area (Å²) in [5.74, 6) is -1.60. The molecule has 0 heterocycles. The van der Waals surface area contributed by atoms with Crippen LogP contribution in [-0.4, -0.2) is 5.91 Å². The highest BCUT2D eigenvalue weighted by atomic mass is 19.1. The minimum absolute atomic E-state index is 0.0522. The highest BCUT2D eigenvalue weighted by molar-refractivity contribution is 6.04. The number of anilines is 1. The molecular weight excluding hydrogens is 248 g/mol. The SMILES string of the molecule is Cc1ccc(F)cc1NC(=O)c1cccc(C)c1F. The van der Waals surface area contributed by atoms with Crippen molar-refractivity contribution in [1.82, 2.24) is 0 Å². The van der Waals surface area contributed by atoms with Gasteiger partial charge in [-0.1, -0.05) is 18.2 Å². The molecule has 0 bridgehead atoms. The lowest BCUT2D eigenvalue weighted by molar-refractivity contribution is 0.102. The smallest absolute Gasteiger partial charge is 0.258 e. The van der Waals surface area contributed by atoms with Crippen molar-refractivity contribution in [3.05, 3.63) is 64.7 Å². The lowest BCUT2D eigenvalue weighted by Gasteiger charge is -2.09. The summed E-state index contributed by atoms with van der Waals surface area (Å²) in [5, 5.41) is 2.52. The van der Waals surface area contributed by atoms with E-state index in [1.54, 1.807) is 32.0 Å². The Balaban J connectivity index is 2.31. The second-order valence-electron chi connectivity index (χ2n) is 4.35. The van der Waals surface area contributed by atoms with Gasteiger partial charge in [-0.2, -0.15) is 0 Å². The Morgan fingerprint density at radius 2 is 1.79 bits per heavy atom. The second kappa shape index (κ2) is 5.18. The van der Waals surface area contributed by atoms with E-state index in [1.807, 2.05) is 0 Å². The summed E-state index contributed by atoms with van der Waals surface area (Å²) in [6, 6.07) is 8.65. The van der Waals surface area contributed by atoms with Gasteiger partial charge in [0.05, 0.1) is 5.56 Å². The molecule has 2 rings (SSSR count). The summed E-state index contributed by atoms with van der Waals surface area (Å²) in [6.45, 7) is 3.32. The number of halogens is 2. The van der Waals surface area contributed by atoms with Crippen LogP contribution in [0.2, 0.25) is 0 Å². The van der Waals surface area contributed by atoms with E-state index in [2.05, 4.69) is 5.32 Å². The number of nitrogens with one attached hydrogen (secondary N) is 1. The van der Waals surface area contributed by atoms with Crippen LogP contribution >= 0.6 is 0 Å². The third kappa shape index (κ3) is 2.78. The average Bonchev–Trinajstić information content (AvgIpc) is 2.37. The Morgan fingerprint density at radius 1 is 1.05 bits per heavy atom. The van der Waals surface area contributed by atoms with Gasteiger partial charge in [-0.15, -0.1) is 0 Å². The monoisotopic (exact) mass is 261 g/mol. The van der Waals surface area contributed by atoms with E-state index in [9.17, 15) is 13.6 Å². The van der Waals surface area contributed by atoms with Crippen LogP contribution in [0.3, 0.4) is 0 Å². The summed E-state index contributed by atoms with van der Waals surface area (Å²) < 4.78 is 26.9. The molecule has 98 valence electrons. The molecule has 4 heteroatoms. The minimum Gasteiger partial charge on any atom is -0.322 e. The van der Waals surface area contributed by atoms with Crippen LogP contribution in [-0.2, 0) is 0 Å². The Hall–Kier alpha value is -2.23. The first kappa shape index (κ1) is 13.2. The zero-order valence-electron chi connectivity index (χ0n) is 10.6. The van der Waals surface area contributed by atoms with Gasteiger partial charge in [-0.3, -0.25) is 4.79 Å². The zero-order valence-corrected chi connectivity index (χ0v) is 10.6. The molecule has 0 spiro atoms. The first-order valence-electron chi connectivity index (χ1n) is 5.81. The number of carbonyl (C=O) groups excluding carboxylic acids is 1. The maximum Gasteiger partial charge on any atom is 0.258 e. The summed E-state index contributed by atoms with van der Waals surface area (Å²) in [4.78, 5) is 12.0. The van der Waals surface area contributed by atoms with Gasteiger partial charge in [-0.05, 0) is 43.2 Å². The maximum absolute atomic E-state index is 13.8. The molecule has 0 aliphatic heterocycles. The highest BCUT2D eigenvalue weighted by Gasteiger charge is 2.14. The fourth-order valence-corrected chi connectivity index (χ4v) is 1.74. The van der Waals surface area contributed by atoms with Gasteiger partial charge in [0, 0.05) is 5.69 Å². The van der Waals surface area contributed by atoms with Gasteiger partial charge in [0.1, 0.15) is 11.6 Å². The van der Waals surface area contributed by atoms with Crippen molar-refractivity contribution in [2.45, 2.75) is 13.8 Å². The molecule has 1 amide bonds. The van der Waals surface area contributed by atoms with Crippen LogP contribution < -0.4 is 5.32 Å². The van der Waals surface area contributed by atoms with Gasteiger partial charge < -0.3 is 5.32 Å².